The Labute approximate surface area is 89.7 Å². The summed E-state index contributed by atoms with van der Waals surface area (Å²) < 4.78 is 2.95. The zero-order valence-electron chi connectivity index (χ0n) is 7.31. The Kier molecular flexibility index (Phi) is 2.08. The highest BCUT2D eigenvalue weighted by molar-refractivity contribution is 9.10. The molecule has 0 N–H and O–H groups in total. The molecule has 0 bridgehead atoms. The molecule has 1 aromatic carbocycles. The number of fused-ring (bicyclic) bond motifs is 1. The molecule has 0 aliphatic heterocycles. The van der Waals surface area contributed by atoms with E-state index >= 15 is 0 Å². The summed E-state index contributed by atoms with van der Waals surface area (Å²) in [6.45, 7) is 2.03. The molecule has 0 aliphatic rings. The van der Waals surface area contributed by atoms with Gasteiger partial charge in [-0.1, -0.05) is 15.9 Å². The molecular weight excluding hydrogens is 251 g/mol. The maximum absolute atomic E-state index is 5.89. The Bertz CT molecular complexity index is 476. The SMILES string of the molecule is Cc1cc2nc(Cl)n(C)c2cc1Br. The third-order valence-corrected chi connectivity index (χ3v) is 3.30. The number of aromatic nitrogens is 2. The Morgan fingerprint density at radius 3 is 2.85 bits per heavy atom. The van der Waals surface area contributed by atoms with E-state index < -0.39 is 0 Å². The van der Waals surface area contributed by atoms with Crippen molar-refractivity contribution in [2.45, 2.75) is 6.92 Å². The second-order valence-corrected chi connectivity index (χ2v) is 4.22. The first-order chi connectivity index (χ1) is 6.09. The van der Waals surface area contributed by atoms with Crippen LogP contribution in [0.5, 0.6) is 0 Å². The van der Waals surface area contributed by atoms with Crippen molar-refractivity contribution in [3.8, 4) is 0 Å². The minimum absolute atomic E-state index is 0.521. The number of benzene rings is 1. The van der Waals surface area contributed by atoms with E-state index in [2.05, 4.69) is 20.9 Å². The van der Waals surface area contributed by atoms with Gasteiger partial charge in [0.25, 0.3) is 0 Å². The van der Waals surface area contributed by atoms with Gasteiger partial charge >= 0.3 is 0 Å². The average Bonchev–Trinajstić information content (AvgIpc) is 2.32. The lowest BCUT2D eigenvalue weighted by molar-refractivity contribution is 0.948. The normalized spacial score (nSPS) is 11.1. The summed E-state index contributed by atoms with van der Waals surface area (Å²) in [6.07, 6.45) is 0. The number of nitrogens with zero attached hydrogens (tertiary/aromatic N) is 2. The van der Waals surface area contributed by atoms with Crippen LogP contribution >= 0.6 is 27.5 Å². The van der Waals surface area contributed by atoms with Crippen LogP contribution in [0, 0.1) is 6.92 Å². The molecule has 0 radical (unpaired) electrons. The molecule has 0 saturated heterocycles. The van der Waals surface area contributed by atoms with Crippen LogP contribution in [0.15, 0.2) is 16.6 Å². The van der Waals surface area contributed by atoms with E-state index in [-0.39, 0.29) is 0 Å². The van der Waals surface area contributed by atoms with E-state index in [1.54, 1.807) is 0 Å². The van der Waals surface area contributed by atoms with Crippen LogP contribution in [0.2, 0.25) is 5.28 Å². The molecule has 13 heavy (non-hydrogen) atoms. The first-order valence-corrected chi connectivity index (χ1v) is 5.05. The second kappa shape index (κ2) is 3.00. The average molecular weight is 260 g/mol. The smallest absolute Gasteiger partial charge is 0.203 e. The monoisotopic (exact) mass is 258 g/mol. The van der Waals surface area contributed by atoms with Gasteiger partial charge in [0, 0.05) is 11.5 Å². The lowest BCUT2D eigenvalue weighted by Crippen LogP contribution is -1.86. The van der Waals surface area contributed by atoms with Gasteiger partial charge in [0.05, 0.1) is 11.0 Å². The van der Waals surface area contributed by atoms with Crippen molar-refractivity contribution in [1.29, 1.82) is 0 Å². The Hall–Kier alpha value is -0.540. The van der Waals surface area contributed by atoms with Crippen molar-refractivity contribution in [3.05, 3.63) is 27.5 Å². The van der Waals surface area contributed by atoms with Crippen molar-refractivity contribution in [2.75, 3.05) is 0 Å². The fourth-order valence-corrected chi connectivity index (χ4v) is 1.80. The van der Waals surface area contributed by atoms with Crippen molar-refractivity contribution in [2.24, 2.45) is 7.05 Å². The van der Waals surface area contributed by atoms with Crippen molar-refractivity contribution < 1.29 is 0 Å². The molecular formula is C9H8BrClN2. The predicted molar refractivity (Wildman–Crippen MR) is 58.2 cm³/mol. The van der Waals surface area contributed by atoms with Crippen LogP contribution in [0.25, 0.3) is 11.0 Å². The highest BCUT2D eigenvalue weighted by atomic mass is 79.9. The van der Waals surface area contributed by atoms with Crippen LogP contribution in [-0.4, -0.2) is 9.55 Å². The van der Waals surface area contributed by atoms with E-state index in [1.807, 2.05) is 30.7 Å². The summed E-state index contributed by atoms with van der Waals surface area (Å²) in [7, 11) is 1.90. The summed E-state index contributed by atoms with van der Waals surface area (Å²) in [5.41, 5.74) is 3.15. The quantitative estimate of drug-likeness (QED) is 0.710. The van der Waals surface area contributed by atoms with Gasteiger partial charge < -0.3 is 4.57 Å². The van der Waals surface area contributed by atoms with E-state index in [4.69, 9.17) is 11.6 Å². The number of hydrogen-bond acceptors (Lipinski definition) is 1. The van der Waals surface area contributed by atoms with Crippen LogP contribution in [-0.2, 0) is 7.05 Å². The molecule has 0 spiro atoms. The van der Waals surface area contributed by atoms with Gasteiger partial charge in [-0.05, 0) is 36.2 Å². The zero-order chi connectivity index (χ0) is 9.59. The molecule has 2 rings (SSSR count). The molecule has 4 heteroatoms. The minimum Gasteiger partial charge on any atom is -0.318 e. The van der Waals surface area contributed by atoms with Crippen molar-refractivity contribution in [1.82, 2.24) is 9.55 Å². The fourth-order valence-electron chi connectivity index (χ4n) is 1.29. The van der Waals surface area contributed by atoms with Gasteiger partial charge in [-0.3, -0.25) is 0 Å². The van der Waals surface area contributed by atoms with Gasteiger partial charge in [-0.2, -0.15) is 0 Å². The number of imidazole rings is 1. The van der Waals surface area contributed by atoms with Gasteiger partial charge in [0.1, 0.15) is 0 Å². The highest BCUT2D eigenvalue weighted by Gasteiger charge is 2.06. The molecule has 68 valence electrons. The first kappa shape index (κ1) is 9.03. The van der Waals surface area contributed by atoms with Gasteiger partial charge in [-0.25, -0.2) is 4.98 Å². The Morgan fingerprint density at radius 1 is 1.46 bits per heavy atom. The number of halogens is 2. The van der Waals surface area contributed by atoms with Crippen LogP contribution in [0.4, 0.5) is 0 Å². The molecule has 2 aromatic rings. The summed E-state index contributed by atoms with van der Waals surface area (Å²) in [4.78, 5) is 4.22. The van der Waals surface area contributed by atoms with E-state index in [9.17, 15) is 0 Å². The molecule has 0 atom stereocenters. The number of rotatable bonds is 0. The fraction of sp³-hybridized carbons (Fsp3) is 0.222. The van der Waals surface area contributed by atoms with E-state index in [1.165, 1.54) is 5.56 Å². The summed E-state index contributed by atoms with van der Waals surface area (Å²) in [5, 5.41) is 0.521. The van der Waals surface area contributed by atoms with Crippen LogP contribution < -0.4 is 0 Å². The largest absolute Gasteiger partial charge is 0.318 e. The summed E-state index contributed by atoms with van der Waals surface area (Å²) in [6, 6.07) is 4.05. The number of aryl methyl sites for hydroxylation is 2. The van der Waals surface area contributed by atoms with Crippen LogP contribution in [0.3, 0.4) is 0 Å². The highest BCUT2D eigenvalue weighted by Crippen LogP contribution is 2.25. The van der Waals surface area contributed by atoms with Gasteiger partial charge in [0.15, 0.2) is 0 Å². The third kappa shape index (κ3) is 1.36. The Balaban J connectivity index is 2.89. The predicted octanol–water partition coefficient (Wildman–Crippen LogP) is 3.30. The topological polar surface area (TPSA) is 17.8 Å². The van der Waals surface area contributed by atoms with Crippen molar-refractivity contribution in [3.63, 3.8) is 0 Å². The first-order valence-electron chi connectivity index (χ1n) is 3.87. The molecule has 0 fully saturated rings. The third-order valence-electron chi connectivity index (χ3n) is 2.11. The Morgan fingerprint density at radius 2 is 2.15 bits per heavy atom. The van der Waals surface area contributed by atoms with Gasteiger partial charge in [0.2, 0.25) is 5.28 Å². The summed E-state index contributed by atoms with van der Waals surface area (Å²) in [5.74, 6) is 0. The molecule has 0 saturated carbocycles. The molecule has 0 aliphatic carbocycles. The molecule has 0 unspecified atom stereocenters. The lowest BCUT2D eigenvalue weighted by Gasteiger charge is -1.99. The molecule has 1 aromatic heterocycles. The maximum Gasteiger partial charge on any atom is 0.203 e. The number of hydrogen-bond donors (Lipinski definition) is 0. The molecule has 1 heterocycles. The molecule has 0 amide bonds. The minimum atomic E-state index is 0.521. The second-order valence-electron chi connectivity index (χ2n) is 3.03. The standard InChI is InChI=1S/C9H8BrClN2/c1-5-3-7-8(4-6(5)10)13(2)9(11)12-7/h3-4H,1-2H3. The van der Waals surface area contributed by atoms with Crippen molar-refractivity contribution >= 4 is 38.6 Å². The van der Waals surface area contributed by atoms with E-state index in [0.29, 0.717) is 5.28 Å². The zero-order valence-corrected chi connectivity index (χ0v) is 9.65. The van der Waals surface area contributed by atoms with Crippen LogP contribution in [0.1, 0.15) is 5.56 Å². The molecule has 2 nitrogen and oxygen atoms in total. The van der Waals surface area contributed by atoms with E-state index in [0.717, 1.165) is 15.5 Å². The summed E-state index contributed by atoms with van der Waals surface area (Å²) >= 11 is 9.37. The van der Waals surface area contributed by atoms with Gasteiger partial charge in [-0.15, -0.1) is 0 Å². The maximum atomic E-state index is 5.89. The lowest BCUT2D eigenvalue weighted by atomic mass is 10.2.